The van der Waals surface area contributed by atoms with Gasteiger partial charge in [-0.2, -0.15) is 13.2 Å². The molecule has 2 aromatic rings. The average molecular weight is 438 g/mol. The summed E-state index contributed by atoms with van der Waals surface area (Å²) in [4.78, 5) is 29.0. The smallest absolute Gasteiger partial charge is 0.422 e. The number of para-hydroxylation sites is 2. The molecule has 0 unspecified atom stereocenters. The van der Waals surface area contributed by atoms with Crippen LogP contribution in [0.2, 0.25) is 0 Å². The van der Waals surface area contributed by atoms with Gasteiger partial charge in [-0.25, -0.2) is 4.98 Å². The summed E-state index contributed by atoms with van der Waals surface area (Å²) in [6.07, 6.45) is -2.17. The molecule has 1 aliphatic heterocycles. The quantitative estimate of drug-likeness (QED) is 0.525. The molecule has 31 heavy (non-hydrogen) atoms. The van der Waals surface area contributed by atoms with Gasteiger partial charge in [-0.1, -0.05) is 18.2 Å². The van der Waals surface area contributed by atoms with E-state index < -0.39 is 17.7 Å². The molecule has 1 aliphatic rings. The topological polar surface area (TPSA) is 97.6 Å². The van der Waals surface area contributed by atoms with Crippen molar-refractivity contribution in [3.05, 3.63) is 58.3 Å². The Balaban J connectivity index is 1.54. The molecule has 0 radical (unpaired) electrons. The molecular formula is C20H21F3N4O4. The molecule has 1 amide bonds. The number of halogens is 3. The minimum absolute atomic E-state index is 0.00969. The fourth-order valence-electron chi connectivity index (χ4n) is 3.43. The number of nitro groups is 1. The molecule has 1 N–H and O–H groups in total. The second-order valence-electron chi connectivity index (χ2n) is 7.10. The van der Waals surface area contributed by atoms with Gasteiger partial charge in [-0.3, -0.25) is 14.9 Å². The lowest BCUT2D eigenvalue weighted by molar-refractivity contribution is -0.384. The van der Waals surface area contributed by atoms with Crippen molar-refractivity contribution < 1.29 is 27.6 Å². The Morgan fingerprint density at radius 1 is 1.23 bits per heavy atom. The third-order valence-electron chi connectivity index (χ3n) is 4.96. The Kier molecular flexibility index (Phi) is 6.93. The van der Waals surface area contributed by atoms with Gasteiger partial charge in [0.25, 0.3) is 5.69 Å². The highest BCUT2D eigenvalue weighted by Gasteiger charge is 2.30. The highest BCUT2D eigenvalue weighted by Crippen LogP contribution is 2.31. The average Bonchev–Trinajstić information content (AvgIpc) is 2.76. The summed E-state index contributed by atoms with van der Waals surface area (Å²) < 4.78 is 41.9. The van der Waals surface area contributed by atoms with Crippen LogP contribution in [0.15, 0.2) is 42.6 Å². The maximum Gasteiger partial charge on any atom is 0.422 e. The van der Waals surface area contributed by atoms with Gasteiger partial charge in [0.2, 0.25) is 11.8 Å². The first-order valence-corrected chi connectivity index (χ1v) is 9.64. The van der Waals surface area contributed by atoms with Gasteiger partial charge in [0, 0.05) is 43.4 Å². The van der Waals surface area contributed by atoms with Crippen LogP contribution in [0.1, 0.15) is 18.4 Å². The molecule has 0 atom stereocenters. The summed E-state index contributed by atoms with van der Waals surface area (Å²) in [5.74, 6) is -0.700. The summed E-state index contributed by atoms with van der Waals surface area (Å²) in [7, 11) is 0. The number of alkyl halides is 3. The van der Waals surface area contributed by atoms with Crippen LogP contribution < -0.4 is 15.0 Å². The minimum atomic E-state index is -4.49. The molecule has 2 heterocycles. The van der Waals surface area contributed by atoms with Crippen molar-refractivity contribution in [2.24, 2.45) is 5.92 Å². The van der Waals surface area contributed by atoms with Crippen LogP contribution in [0.3, 0.4) is 0 Å². The molecule has 1 saturated heterocycles. The summed E-state index contributed by atoms with van der Waals surface area (Å²) in [5, 5.41) is 13.9. The van der Waals surface area contributed by atoms with Gasteiger partial charge in [0.15, 0.2) is 6.61 Å². The maximum atomic E-state index is 12.5. The van der Waals surface area contributed by atoms with E-state index in [1.807, 2.05) is 4.90 Å². The number of rotatable bonds is 7. The van der Waals surface area contributed by atoms with E-state index in [0.717, 1.165) is 0 Å². The Morgan fingerprint density at radius 2 is 1.94 bits per heavy atom. The van der Waals surface area contributed by atoms with Crippen LogP contribution in [0.25, 0.3) is 0 Å². The third kappa shape index (κ3) is 6.06. The first kappa shape index (κ1) is 22.3. The van der Waals surface area contributed by atoms with E-state index in [0.29, 0.717) is 37.2 Å². The number of nitrogens with one attached hydrogen (secondary N) is 1. The zero-order valence-corrected chi connectivity index (χ0v) is 16.5. The highest BCUT2D eigenvalue weighted by molar-refractivity contribution is 5.79. The van der Waals surface area contributed by atoms with Crippen molar-refractivity contribution in [3.63, 3.8) is 0 Å². The number of anilines is 1. The number of amides is 1. The van der Waals surface area contributed by atoms with Crippen molar-refractivity contribution >= 4 is 17.3 Å². The predicted octanol–water partition coefficient (Wildman–Crippen LogP) is 3.46. The maximum absolute atomic E-state index is 12.5. The normalized spacial score (nSPS) is 14.9. The monoisotopic (exact) mass is 438 g/mol. The van der Waals surface area contributed by atoms with E-state index in [1.165, 1.54) is 18.3 Å². The lowest BCUT2D eigenvalue weighted by atomic mass is 9.95. The molecule has 8 nitrogen and oxygen atoms in total. The number of aromatic nitrogens is 1. The lowest BCUT2D eigenvalue weighted by Gasteiger charge is -2.32. The summed E-state index contributed by atoms with van der Waals surface area (Å²) in [5.41, 5.74) is 0.888. The fourth-order valence-corrected chi connectivity index (χ4v) is 3.43. The molecule has 0 bridgehead atoms. The third-order valence-corrected chi connectivity index (χ3v) is 4.96. The number of hydrogen-bond donors (Lipinski definition) is 1. The van der Waals surface area contributed by atoms with Crippen molar-refractivity contribution in [1.29, 1.82) is 0 Å². The molecular weight excluding hydrogens is 417 g/mol. The molecule has 3 rings (SSSR count). The van der Waals surface area contributed by atoms with Crippen molar-refractivity contribution in [1.82, 2.24) is 10.3 Å². The van der Waals surface area contributed by atoms with Gasteiger partial charge >= 0.3 is 6.18 Å². The van der Waals surface area contributed by atoms with Gasteiger partial charge in [-0.15, -0.1) is 0 Å². The number of hydrogen-bond acceptors (Lipinski definition) is 6. The number of nitrogens with zero attached hydrogens (tertiary/aromatic N) is 3. The minimum Gasteiger partial charge on any atom is -0.468 e. The van der Waals surface area contributed by atoms with Crippen LogP contribution >= 0.6 is 0 Å². The summed E-state index contributed by atoms with van der Waals surface area (Å²) >= 11 is 0. The highest BCUT2D eigenvalue weighted by atomic mass is 19.4. The van der Waals surface area contributed by atoms with E-state index >= 15 is 0 Å². The standard InChI is InChI=1S/C20H21F3N4O4/c21-20(22,23)13-31-19-15(4-3-9-24-19)12-25-18(28)14-7-10-26(11-8-14)16-5-1-2-6-17(16)27(29)30/h1-6,9,14H,7-8,10-13H2,(H,25,28). The zero-order chi connectivity index (χ0) is 22.4. The Labute approximate surface area is 176 Å². The molecule has 1 fully saturated rings. The van der Waals surface area contributed by atoms with E-state index in [9.17, 15) is 28.1 Å². The number of piperidine rings is 1. The Morgan fingerprint density at radius 3 is 2.61 bits per heavy atom. The molecule has 11 heteroatoms. The van der Waals surface area contributed by atoms with E-state index in [4.69, 9.17) is 4.74 Å². The van der Waals surface area contributed by atoms with Gasteiger partial charge < -0.3 is 15.0 Å². The van der Waals surface area contributed by atoms with E-state index in [-0.39, 0.29) is 29.9 Å². The summed E-state index contributed by atoms with van der Waals surface area (Å²) in [6.45, 7) is -0.509. The largest absolute Gasteiger partial charge is 0.468 e. The van der Waals surface area contributed by atoms with Gasteiger partial charge in [0.1, 0.15) is 5.69 Å². The first-order valence-electron chi connectivity index (χ1n) is 9.64. The molecule has 166 valence electrons. The van der Waals surface area contributed by atoms with Crippen molar-refractivity contribution in [2.75, 3.05) is 24.6 Å². The Bertz CT molecular complexity index is 931. The number of carbonyl (C=O) groups is 1. The SMILES string of the molecule is O=C(NCc1cccnc1OCC(F)(F)F)C1CCN(c2ccccc2[N+](=O)[O-])CC1. The Hall–Kier alpha value is -3.37. The fraction of sp³-hybridized carbons (Fsp3) is 0.400. The van der Waals surface area contributed by atoms with Crippen molar-refractivity contribution in [2.45, 2.75) is 25.6 Å². The van der Waals surface area contributed by atoms with Crippen LogP contribution in [-0.2, 0) is 11.3 Å². The number of pyridine rings is 1. The van der Waals surface area contributed by atoms with Gasteiger partial charge in [-0.05, 0) is 25.0 Å². The number of carbonyl (C=O) groups excluding carboxylic acids is 1. The number of ether oxygens (including phenoxy) is 1. The van der Waals surface area contributed by atoms with Crippen LogP contribution in [0.4, 0.5) is 24.5 Å². The molecule has 0 spiro atoms. The van der Waals surface area contributed by atoms with Crippen LogP contribution in [0, 0.1) is 16.0 Å². The molecule has 0 saturated carbocycles. The molecule has 1 aromatic heterocycles. The van der Waals surface area contributed by atoms with E-state index in [1.54, 1.807) is 24.3 Å². The number of nitro benzene ring substituents is 1. The van der Waals surface area contributed by atoms with Crippen LogP contribution in [-0.4, -0.2) is 41.7 Å². The van der Waals surface area contributed by atoms with Gasteiger partial charge in [0.05, 0.1) is 4.92 Å². The van der Waals surface area contributed by atoms with E-state index in [2.05, 4.69) is 10.3 Å². The second-order valence-corrected chi connectivity index (χ2v) is 7.10. The zero-order valence-electron chi connectivity index (χ0n) is 16.5. The molecule has 1 aromatic carbocycles. The lowest BCUT2D eigenvalue weighted by Crippen LogP contribution is -2.40. The van der Waals surface area contributed by atoms with Crippen molar-refractivity contribution in [3.8, 4) is 5.88 Å². The first-order chi connectivity index (χ1) is 14.7. The second kappa shape index (κ2) is 9.63. The molecule has 0 aliphatic carbocycles. The summed E-state index contributed by atoms with van der Waals surface area (Å²) in [6, 6.07) is 9.55. The number of benzene rings is 1. The predicted molar refractivity (Wildman–Crippen MR) is 106 cm³/mol. The van der Waals surface area contributed by atoms with Crippen LogP contribution in [0.5, 0.6) is 5.88 Å².